The van der Waals surface area contributed by atoms with Gasteiger partial charge >= 0.3 is 0 Å². The third kappa shape index (κ3) is 2.89. The van der Waals surface area contributed by atoms with Gasteiger partial charge in [0.15, 0.2) is 0 Å². The standard InChI is InChI=1S/C17H19N3O/c1-4-16-18-13(3)9-20(16)10-15-11-21-17(19-15)14-7-5-6-12(2)8-14/h5-9,11H,4,10H2,1-3H3. The summed E-state index contributed by atoms with van der Waals surface area (Å²) in [5.41, 5.74) is 4.16. The highest BCUT2D eigenvalue weighted by atomic mass is 16.3. The highest BCUT2D eigenvalue weighted by molar-refractivity contribution is 5.54. The van der Waals surface area contributed by atoms with Gasteiger partial charge in [0.1, 0.15) is 12.1 Å². The van der Waals surface area contributed by atoms with Crippen LogP contribution < -0.4 is 0 Å². The lowest BCUT2D eigenvalue weighted by atomic mass is 10.1. The van der Waals surface area contributed by atoms with Gasteiger partial charge < -0.3 is 8.98 Å². The summed E-state index contributed by atoms with van der Waals surface area (Å²) in [6.07, 6.45) is 4.70. The van der Waals surface area contributed by atoms with Crippen molar-refractivity contribution in [3.8, 4) is 11.5 Å². The molecule has 1 aromatic carbocycles. The van der Waals surface area contributed by atoms with Gasteiger partial charge in [-0.05, 0) is 26.0 Å². The van der Waals surface area contributed by atoms with Crippen molar-refractivity contribution in [2.75, 3.05) is 0 Å². The fraction of sp³-hybridized carbons (Fsp3) is 0.294. The molecule has 0 atom stereocenters. The van der Waals surface area contributed by atoms with E-state index in [9.17, 15) is 0 Å². The normalized spacial score (nSPS) is 11.0. The maximum atomic E-state index is 5.61. The number of benzene rings is 1. The Morgan fingerprint density at radius 3 is 2.81 bits per heavy atom. The van der Waals surface area contributed by atoms with E-state index in [4.69, 9.17) is 4.42 Å². The Morgan fingerprint density at radius 1 is 1.19 bits per heavy atom. The number of oxazole rings is 1. The molecule has 0 aliphatic carbocycles. The van der Waals surface area contributed by atoms with Crippen molar-refractivity contribution in [2.45, 2.75) is 33.7 Å². The minimum Gasteiger partial charge on any atom is -0.444 e. The Labute approximate surface area is 124 Å². The Bertz CT molecular complexity index is 755. The van der Waals surface area contributed by atoms with Crippen LogP contribution in [0.1, 0.15) is 29.7 Å². The molecule has 0 N–H and O–H groups in total. The molecule has 0 aliphatic heterocycles. The van der Waals surface area contributed by atoms with Crippen molar-refractivity contribution < 1.29 is 4.42 Å². The van der Waals surface area contributed by atoms with Crippen LogP contribution in [0, 0.1) is 13.8 Å². The molecule has 0 unspecified atom stereocenters. The SMILES string of the molecule is CCc1nc(C)cn1Cc1coc(-c2cccc(C)c2)n1. The van der Waals surface area contributed by atoms with E-state index >= 15 is 0 Å². The molecule has 0 radical (unpaired) electrons. The Morgan fingerprint density at radius 2 is 2.05 bits per heavy atom. The number of rotatable bonds is 4. The largest absolute Gasteiger partial charge is 0.444 e. The van der Waals surface area contributed by atoms with Crippen molar-refractivity contribution >= 4 is 0 Å². The molecule has 0 fully saturated rings. The Hall–Kier alpha value is -2.36. The number of aryl methyl sites for hydroxylation is 3. The van der Waals surface area contributed by atoms with Gasteiger partial charge in [-0.1, -0.05) is 24.6 Å². The molecule has 3 aromatic rings. The summed E-state index contributed by atoms with van der Waals surface area (Å²) in [6, 6.07) is 8.17. The lowest BCUT2D eigenvalue weighted by molar-refractivity contribution is 0.571. The molecule has 3 rings (SSSR count). The number of aromatic nitrogens is 3. The second-order valence-corrected chi connectivity index (χ2v) is 5.29. The lowest BCUT2D eigenvalue weighted by Crippen LogP contribution is -2.03. The molecule has 0 saturated heterocycles. The molecule has 4 heteroatoms. The summed E-state index contributed by atoms with van der Waals surface area (Å²) >= 11 is 0. The van der Waals surface area contributed by atoms with Gasteiger partial charge in [0, 0.05) is 18.2 Å². The van der Waals surface area contributed by atoms with Crippen LogP contribution in [0.5, 0.6) is 0 Å². The molecule has 0 bridgehead atoms. The number of imidazole rings is 1. The molecule has 2 aromatic heterocycles. The molecule has 0 amide bonds. The summed E-state index contributed by atoms with van der Waals surface area (Å²) in [5.74, 6) is 1.75. The summed E-state index contributed by atoms with van der Waals surface area (Å²) in [7, 11) is 0. The van der Waals surface area contributed by atoms with E-state index in [1.165, 1.54) is 5.56 Å². The lowest BCUT2D eigenvalue weighted by Gasteiger charge is -2.02. The minimum absolute atomic E-state index is 0.670. The van der Waals surface area contributed by atoms with E-state index in [1.807, 2.05) is 19.1 Å². The van der Waals surface area contributed by atoms with Crippen molar-refractivity contribution in [1.29, 1.82) is 0 Å². The maximum absolute atomic E-state index is 5.61. The molecule has 21 heavy (non-hydrogen) atoms. The van der Waals surface area contributed by atoms with E-state index in [-0.39, 0.29) is 0 Å². The van der Waals surface area contributed by atoms with Crippen LogP contribution in [0.3, 0.4) is 0 Å². The fourth-order valence-electron chi connectivity index (χ4n) is 2.48. The zero-order valence-corrected chi connectivity index (χ0v) is 12.6. The fourth-order valence-corrected chi connectivity index (χ4v) is 2.48. The predicted molar refractivity (Wildman–Crippen MR) is 82.1 cm³/mol. The third-order valence-electron chi connectivity index (χ3n) is 3.44. The van der Waals surface area contributed by atoms with Crippen molar-refractivity contribution in [2.24, 2.45) is 0 Å². The van der Waals surface area contributed by atoms with Crippen LogP contribution in [0.15, 0.2) is 41.1 Å². The van der Waals surface area contributed by atoms with Crippen LogP contribution in [0.4, 0.5) is 0 Å². The quantitative estimate of drug-likeness (QED) is 0.731. The molecular weight excluding hydrogens is 262 g/mol. The van der Waals surface area contributed by atoms with Crippen molar-refractivity contribution in [3.63, 3.8) is 0 Å². The van der Waals surface area contributed by atoms with Crippen LogP contribution in [0.2, 0.25) is 0 Å². The van der Waals surface area contributed by atoms with Gasteiger partial charge in [-0.25, -0.2) is 9.97 Å². The Balaban J connectivity index is 1.85. The van der Waals surface area contributed by atoms with Gasteiger partial charge in [-0.15, -0.1) is 0 Å². The monoisotopic (exact) mass is 281 g/mol. The topological polar surface area (TPSA) is 43.9 Å². The molecule has 2 heterocycles. The van der Waals surface area contributed by atoms with Crippen LogP contribution in [-0.2, 0) is 13.0 Å². The smallest absolute Gasteiger partial charge is 0.226 e. The number of hydrogen-bond donors (Lipinski definition) is 0. The van der Waals surface area contributed by atoms with Gasteiger partial charge in [0.05, 0.1) is 17.9 Å². The minimum atomic E-state index is 0.670. The van der Waals surface area contributed by atoms with E-state index < -0.39 is 0 Å². The van der Waals surface area contributed by atoms with Gasteiger partial charge in [0.2, 0.25) is 5.89 Å². The molecule has 108 valence electrons. The molecule has 4 nitrogen and oxygen atoms in total. The highest BCUT2D eigenvalue weighted by Gasteiger charge is 2.10. The molecule has 0 spiro atoms. The van der Waals surface area contributed by atoms with Gasteiger partial charge in [-0.3, -0.25) is 0 Å². The first kappa shape index (κ1) is 13.6. The predicted octanol–water partition coefficient (Wildman–Crippen LogP) is 3.77. The molecular formula is C17H19N3O. The highest BCUT2D eigenvalue weighted by Crippen LogP contribution is 2.20. The summed E-state index contributed by atoms with van der Waals surface area (Å²) in [5, 5.41) is 0. The van der Waals surface area contributed by atoms with E-state index in [1.54, 1.807) is 6.26 Å². The Kier molecular flexibility index (Phi) is 3.60. The average molecular weight is 281 g/mol. The number of nitrogens with zero attached hydrogens (tertiary/aromatic N) is 3. The molecule has 0 aliphatic rings. The van der Waals surface area contributed by atoms with Crippen LogP contribution >= 0.6 is 0 Å². The van der Waals surface area contributed by atoms with Crippen LogP contribution in [0.25, 0.3) is 11.5 Å². The third-order valence-corrected chi connectivity index (χ3v) is 3.44. The summed E-state index contributed by atoms with van der Waals surface area (Å²) in [6.45, 7) is 6.88. The first-order valence-electron chi connectivity index (χ1n) is 7.20. The zero-order valence-electron chi connectivity index (χ0n) is 12.6. The van der Waals surface area contributed by atoms with E-state index in [0.29, 0.717) is 12.4 Å². The first-order chi connectivity index (χ1) is 10.2. The van der Waals surface area contributed by atoms with E-state index in [2.05, 4.69) is 46.7 Å². The maximum Gasteiger partial charge on any atom is 0.226 e. The van der Waals surface area contributed by atoms with Crippen LogP contribution in [-0.4, -0.2) is 14.5 Å². The van der Waals surface area contributed by atoms with E-state index in [0.717, 1.165) is 29.2 Å². The summed E-state index contributed by atoms with van der Waals surface area (Å²) in [4.78, 5) is 9.09. The first-order valence-corrected chi connectivity index (χ1v) is 7.20. The second-order valence-electron chi connectivity index (χ2n) is 5.29. The second kappa shape index (κ2) is 5.56. The zero-order chi connectivity index (χ0) is 14.8. The molecule has 0 saturated carbocycles. The number of hydrogen-bond acceptors (Lipinski definition) is 3. The van der Waals surface area contributed by atoms with Crippen molar-refractivity contribution in [1.82, 2.24) is 14.5 Å². The average Bonchev–Trinajstić information content (AvgIpc) is 3.06. The van der Waals surface area contributed by atoms with Gasteiger partial charge in [0.25, 0.3) is 0 Å². The van der Waals surface area contributed by atoms with Gasteiger partial charge in [-0.2, -0.15) is 0 Å². The van der Waals surface area contributed by atoms with Crippen molar-refractivity contribution in [3.05, 3.63) is 59.5 Å². The summed E-state index contributed by atoms with van der Waals surface area (Å²) < 4.78 is 7.75.